The van der Waals surface area contributed by atoms with E-state index in [1.165, 1.54) is 18.5 Å². The fourth-order valence-corrected chi connectivity index (χ4v) is 4.54. The van der Waals surface area contributed by atoms with Crippen LogP contribution >= 0.6 is 0 Å². The Kier molecular flexibility index (Phi) is 4.69. The number of piperazine rings is 1. The predicted molar refractivity (Wildman–Crippen MR) is 112 cm³/mol. The zero-order valence-electron chi connectivity index (χ0n) is 16.8. The van der Waals surface area contributed by atoms with Crippen molar-refractivity contribution in [2.24, 2.45) is 5.92 Å². The molecular weight excluding hydrogens is 350 g/mol. The van der Waals surface area contributed by atoms with E-state index < -0.39 is 0 Å². The van der Waals surface area contributed by atoms with Gasteiger partial charge in [0.15, 0.2) is 0 Å². The molecule has 1 aromatic heterocycles. The van der Waals surface area contributed by atoms with Crippen LogP contribution in [0.2, 0.25) is 0 Å². The Hall–Kier alpha value is -2.18. The van der Waals surface area contributed by atoms with Crippen LogP contribution in [0.1, 0.15) is 12.8 Å². The Morgan fingerprint density at radius 3 is 2.61 bits per heavy atom. The standard InChI is InChI=1S/C22H29N5O/c1-25(2)18-7-5-16(6-8-18)20-9-10-23-22(24-20)26-11-12-27-19(13-26)14-28-15-21(27)17-3-4-17/h5-10,17,19,21H,3-4,11-15H2,1-2H3/t19-,21-/m1/s1. The molecule has 1 aromatic carbocycles. The molecule has 1 aliphatic carbocycles. The Morgan fingerprint density at radius 1 is 1.04 bits per heavy atom. The lowest BCUT2D eigenvalue weighted by Crippen LogP contribution is -2.62. The Morgan fingerprint density at radius 2 is 1.86 bits per heavy atom. The first-order valence-corrected chi connectivity index (χ1v) is 10.4. The van der Waals surface area contributed by atoms with Gasteiger partial charge in [0.05, 0.1) is 24.9 Å². The summed E-state index contributed by atoms with van der Waals surface area (Å²) in [7, 11) is 4.11. The average molecular weight is 380 g/mol. The number of anilines is 2. The molecule has 2 aromatic rings. The molecule has 0 amide bonds. The molecule has 3 heterocycles. The highest BCUT2D eigenvalue weighted by molar-refractivity contribution is 5.63. The fraction of sp³-hybridized carbons (Fsp3) is 0.545. The quantitative estimate of drug-likeness (QED) is 0.813. The number of hydrogen-bond donors (Lipinski definition) is 0. The van der Waals surface area contributed by atoms with Gasteiger partial charge >= 0.3 is 0 Å². The summed E-state index contributed by atoms with van der Waals surface area (Å²) in [5.74, 6) is 1.70. The molecule has 2 saturated heterocycles. The minimum absolute atomic E-state index is 0.458. The lowest BCUT2D eigenvalue weighted by Gasteiger charge is -2.48. The van der Waals surface area contributed by atoms with Gasteiger partial charge in [0, 0.05) is 57.2 Å². The van der Waals surface area contributed by atoms with Crippen molar-refractivity contribution in [1.82, 2.24) is 14.9 Å². The van der Waals surface area contributed by atoms with E-state index in [0.717, 1.165) is 56.0 Å². The molecule has 148 valence electrons. The van der Waals surface area contributed by atoms with E-state index in [1.807, 2.05) is 12.3 Å². The summed E-state index contributed by atoms with van der Waals surface area (Å²) < 4.78 is 5.95. The van der Waals surface area contributed by atoms with Crippen LogP contribution in [0.25, 0.3) is 11.3 Å². The topological polar surface area (TPSA) is 44.7 Å². The van der Waals surface area contributed by atoms with Gasteiger partial charge in [-0.25, -0.2) is 9.97 Å². The number of fused-ring (bicyclic) bond motifs is 1. The molecule has 28 heavy (non-hydrogen) atoms. The van der Waals surface area contributed by atoms with Gasteiger partial charge < -0.3 is 14.5 Å². The summed E-state index contributed by atoms with van der Waals surface area (Å²) in [6.45, 7) is 4.76. The summed E-state index contributed by atoms with van der Waals surface area (Å²) in [5, 5.41) is 0. The average Bonchev–Trinajstić information content (AvgIpc) is 3.58. The molecule has 2 aliphatic heterocycles. The van der Waals surface area contributed by atoms with Crippen LogP contribution in [0, 0.1) is 5.92 Å². The normalized spacial score (nSPS) is 25.4. The molecule has 1 saturated carbocycles. The Bertz CT molecular complexity index is 820. The highest BCUT2D eigenvalue weighted by Crippen LogP contribution is 2.38. The largest absolute Gasteiger partial charge is 0.378 e. The summed E-state index contributed by atoms with van der Waals surface area (Å²) in [6.07, 6.45) is 4.63. The molecule has 0 spiro atoms. The summed E-state index contributed by atoms with van der Waals surface area (Å²) in [5.41, 5.74) is 3.30. The first-order valence-electron chi connectivity index (χ1n) is 10.4. The molecule has 0 N–H and O–H groups in total. The fourth-order valence-electron chi connectivity index (χ4n) is 4.54. The summed E-state index contributed by atoms with van der Waals surface area (Å²) >= 11 is 0. The first-order chi connectivity index (χ1) is 13.7. The van der Waals surface area contributed by atoms with Gasteiger partial charge in [-0.2, -0.15) is 0 Å². The molecule has 0 bridgehead atoms. The van der Waals surface area contributed by atoms with E-state index in [4.69, 9.17) is 9.72 Å². The van der Waals surface area contributed by atoms with Crippen molar-refractivity contribution in [3.63, 3.8) is 0 Å². The number of rotatable bonds is 4. The maximum atomic E-state index is 5.95. The SMILES string of the molecule is CN(C)c1ccc(-c2ccnc(N3CCN4[C@@H](COC[C@@H]4C4CC4)C3)n2)cc1. The number of ether oxygens (including phenoxy) is 1. The van der Waals surface area contributed by atoms with Crippen LogP contribution in [-0.2, 0) is 4.74 Å². The third-order valence-electron chi connectivity index (χ3n) is 6.32. The number of aromatic nitrogens is 2. The van der Waals surface area contributed by atoms with Crippen molar-refractivity contribution in [3.8, 4) is 11.3 Å². The highest BCUT2D eigenvalue weighted by Gasteiger charge is 2.43. The number of benzene rings is 1. The molecule has 5 rings (SSSR count). The van der Waals surface area contributed by atoms with Crippen LogP contribution < -0.4 is 9.80 Å². The monoisotopic (exact) mass is 379 g/mol. The predicted octanol–water partition coefficient (Wildman–Crippen LogP) is 2.51. The zero-order chi connectivity index (χ0) is 19.1. The molecule has 0 radical (unpaired) electrons. The molecule has 0 unspecified atom stereocenters. The number of nitrogens with zero attached hydrogens (tertiary/aromatic N) is 5. The second-order valence-electron chi connectivity index (χ2n) is 8.46. The van der Waals surface area contributed by atoms with Crippen LogP contribution in [0.15, 0.2) is 36.5 Å². The minimum atomic E-state index is 0.458. The van der Waals surface area contributed by atoms with Crippen LogP contribution in [-0.4, -0.2) is 73.9 Å². The highest BCUT2D eigenvalue weighted by atomic mass is 16.5. The summed E-state index contributed by atoms with van der Waals surface area (Å²) in [4.78, 5) is 16.6. The minimum Gasteiger partial charge on any atom is -0.378 e. The van der Waals surface area contributed by atoms with Crippen molar-refractivity contribution >= 4 is 11.6 Å². The third-order valence-corrected chi connectivity index (χ3v) is 6.32. The summed E-state index contributed by atoms with van der Waals surface area (Å²) in [6, 6.07) is 11.6. The molecular formula is C22H29N5O. The second-order valence-corrected chi connectivity index (χ2v) is 8.46. The van der Waals surface area contributed by atoms with Crippen LogP contribution in [0.3, 0.4) is 0 Å². The molecule has 6 nitrogen and oxygen atoms in total. The van der Waals surface area contributed by atoms with Gasteiger partial charge in [-0.1, -0.05) is 12.1 Å². The smallest absolute Gasteiger partial charge is 0.225 e. The van der Waals surface area contributed by atoms with E-state index in [0.29, 0.717) is 12.1 Å². The van der Waals surface area contributed by atoms with E-state index in [1.54, 1.807) is 0 Å². The number of hydrogen-bond acceptors (Lipinski definition) is 6. The lowest BCUT2D eigenvalue weighted by molar-refractivity contribution is -0.0604. The third kappa shape index (κ3) is 3.47. The van der Waals surface area contributed by atoms with Crippen molar-refractivity contribution in [1.29, 1.82) is 0 Å². The van der Waals surface area contributed by atoms with Crippen molar-refractivity contribution in [2.75, 3.05) is 56.7 Å². The molecule has 2 atom stereocenters. The maximum Gasteiger partial charge on any atom is 0.225 e. The van der Waals surface area contributed by atoms with Gasteiger partial charge in [0.1, 0.15) is 0 Å². The number of morpholine rings is 1. The van der Waals surface area contributed by atoms with E-state index >= 15 is 0 Å². The first kappa shape index (κ1) is 17.9. The van der Waals surface area contributed by atoms with Crippen LogP contribution in [0.5, 0.6) is 0 Å². The van der Waals surface area contributed by atoms with Crippen molar-refractivity contribution < 1.29 is 4.74 Å². The molecule has 3 fully saturated rings. The molecule has 6 heteroatoms. The van der Waals surface area contributed by atoms with Gasteiger partial charge in [0.2, 0.25) is 5.95 Å². The van der Waals surface area contributed by atoms with E-state index in [-0.39, 0.29) is 0 Å². The Balaban J connectivity index is 1.32. The van der Waals surface area contributed by atoms with Gasteiger partial charge in [-0.3, -0.25) is 4.90 Å². The van der Waals surface area contributed by atoms with Gasteiger partial charge in [-0.05, 0) is 37.0 Å². The lowest BCUT2D eigenvalue weighted by atomic mass is 10.0. The second kappa shape index (κ2) is 7.33. The zero-order valence-corrected chi connectivity index (χ0v) is 16.8. The maximum absolute atomic E-state index is 5.95. The van der Waals surface area contributed by atoms with E-state index in [2.05, 4.69) is 58.0 Å². The van der Waals surface area contributed by atoms with Crippen molar-refractivity contribution in [2.45, 2.75) is 24.9 Å². The van der Waals surface area contributed by atoms with Crippen LogP contribution in [0.4, 0.5) is 11.6 Å². The van der Waals surface area contributed by atoms with Crippen molar-refractivity contribution in [3.05, 3.63) is 36.5 Å². The van der Waals surface area contributed by atoms with Gasteiger partial charge in [-0.15, -0.1) is 0 Å². The van der Waals surface area contributed by atoms with E-state index in [9.17, 15) is 0 Å². The molecule has 3 aliphatic rings. The van der Waals surface area contributed by atoms with Gasteiger partial charge in [0.25, 0.3) is 0 Å². The Labute approximate surface area is 167 Å².